The van der Waals surface area contributed by atoms with Crippen LogP contribution in [0.2, 0.25) is 0 Å². The number of hydrogen-bond acceptors (Lipinski definition) is 1. The van der Waals surface area contributed by atoms with E-state index in [1.165, 1.54) is 18.2 Å². The third-order valence-electron chi connectivity index (χ3n) is 4.00. The lowest BCUT2D eigenvalue weighted by molar-refractivity contribution is 0.170. The number of alkyl halides is 14. The highest BCUT2D eigenvalue weighted by Gasteiger charge is 2.64. The van der Waals surface area contributed by atoms with E-state index in [1.807, 2.05) is 0 Å². The summed E-state index contributed by atoms with van der Waals surface area (Å²) < 4.78 is -14.2. The molecule has 0 heterocycles. The minimum Gasteiger partial charge on any atom is -0.388 e. The molecule has 0 saturated carbocycles. The van der Waals surface area contributed by atoms with Gasteiger partial charge in [0, 0.05) is 0 Å². The summed E-state index contributed by atoms with van der Waals surface area (Å²) in [5, 5.41) is 10.7. The molecule has 1 aromatic carbocycles. The molecule has 0 fully saturated rings. The van der Waals surface area contributed by atoms with Gasteiger partial charge in [0.1, 0.15) is 0 Å². The molecule has 1 aromatic rings. The molecule has 1 N–H and O–H groups in total. The first-order chi connectivity index (χ1) is 13.1. The molecule has 174 valence electrons. The second-order valence-electron chi connectivity index (χ2n) is 5.98. The maximum atomic E-state index is 10.7. The van der Waals surface area contributed by atoms with Crippen LogP contribution in [-0.4, -0.2) is 21.4 Å². The summed E-state index contributed by atoms with van der Waals surface area (Å²) in [5.41, 5.74) is -0.267. The topological polar surface area (TPSA) is 20.2 Å². The lowest BCUT2D eigenvalue weighted by atomic mass is 9.89. The van der Waals surface area contributed by atoms with Crippen molar-refractivity contribution in [1.82, 2.24) is 0 Å². The highest BCUT2D eigenvalue weighted by molar-refractivity contribution is 6.79. The lowest BCUT2D eigenvalue weighted by Crippen LogP contribution is -2.47. The van der Waals surface area contributed by atoms with Gasteiger partial charge in [0.25, 0.3) is 0 Å². The number of aliphatic hydroxyl groups excluding tert-OH is 1. The fraction of sp³-hybridized carbons (Fsp3) is 0.600. The van der Waals surface area contributed by atoms with Gasteiger partial charge in [-0.15, -0.1) is 0 Å². The number of rotatable bonds is 6. The van der Waals surface area contributed by atoms with Crippen LogP contribution in [0.25, 0.3) is 0 Å². The quantitative estimate of drug-likeness (QED) is 0.293. The molecule has 1 unspecified atom stereocenters. The average molecular weight is 703 g/mol. The fourth-order valence-electron chi connectivity index (χ4n) is 2.37. The SMILES string of the molecule is CCC(O)c1c(C(Cl)(Cl)C(Cl)(Cl)C(Cl)(Cl)Cl)cccc1C(Cl)(Cl)C(Cl)(Cl)C(Cl)(Cl)Cl. The van der Waals surface area contributed by atoms with Crippen LogP contribution in [0.1, 0.15) is 36.1 Å². The van der Waals surface area contributed by atoms with E-state index in [9.17, 15) is 5.11 Å². The van der Waals surface area contributed by atoms with Crippen LogP contribution in [0.15, 0.2) is 18.2 Å². The van der Waals surface area contributed by atoms with Gasteiger partial charge in [-0.3, -0.25) is 0 Å². The first kappa shape index (κ1) is 31.3. The van der Waals surface area contributed by atoms with E-state index in [-0.39, 0.29) is 23.1 Å². The van der Waals surface area contributed by atoms with E-state index >= 15 is 0 Å². The Balaban J connectivity index is 3.99. The van der Waals surface area contributed by atoms with Crippen molar-refractivity contribution in [2.24, 2.45) is 0 Å². The molecule has 0 aliphatic heterocycles. The molecule has 1 rings (SSSR count). The maximum absolute atomic E-state index is 10.7. The van der Waals surface area contributed by atoms with Gasteiger partial charge in [0.15, 0.2) is 8.67 Å². The minimum atomic E-state index is -2.43. The van der Waals surface area contributed by atoms with Crippen molar-refractivity contribution in [3.63, 3.8) is 0 Å². The Hall–Kier alpha value is 3.24. The molecule has 0 aliphatic carbocycles. The molecule has 0 radical (unpaired) electrons. The Morgan fingerprint density at radius 3 is 1.20 bits per heavy atom. The predicted octanol–water partition coefficient (Wildman–Crippen LogP) is 10.5. The highest BCUT2D eigenvalue weighted by atomic mass is 35.6. The number of hydrogen-bond donors (Lipinski definition) is 1. The van der Waals surface area contributed by atoms with Crippen LogP contribution in [0.3, 0.4) is 0 Å². The zero-order valence-electron chi connectivity index (χ0n) is 14.3. The summed E-state index contributed by atoms with van der Waals surface area (Å²) in [7, 11) is 0. The molecule has 0 spiro atoms. The van der Waals surface area contributed by atoms with Gasteiger partial charge < -0.3 is 5.11 Å². The molecule has 1 atom stereocenters. The van der Waals surface area contributed by atoms with Crippen molar-refractivity contribution < 1.29 is 5.11 Å². The Labute approximate surface area is 244 Å². The lowest BCUT2D eigenvalue weighted by Gasteiger charge is -2.42. The fourth-order valence-corrected chi connectivity index (χ4v) is 5.43. The summed E-state index contributed by atoms with van der Waals surface area (Å²) in [6.45, 7) is 1.63. The van der Waals surface area contributed by atoms with Crippen LogP contribution < -0.4 is 0 Å². The second-order valence-corrected chi connectivity index (χ2v) is 15.9. The van der Waals surface area contributed by atoms with Crippen LogP contribution in [0, 0.1) is 0 Å². The first-order valence-corrected chi connectivity index (χ1v) is 12.8. The smallest absolute Gasteiger partial charge is 0.226 e. The van der Waals surface area contributed by atoms with Crippen molar-refractivity contribution in [2.75, 3.05) is 0 Å². The summed E-state index contributed by atoms with van der Waals surface area (Å²) in [6, 6.07) is 4.11. The van der Waals surface area contributed by atoms with Gasteiger partial charge in [-0.2, -0.15) is 0 Å². The normalized spacial score (nSPS) is 16.0. The van der Waals surface area contributed by atoms with Crippen molar-refractivity contribution in [3.8, 4) is 0 Å². The standard InChI is InChI=1S/C15H10Cl14O/c1-2-8(30)9-6(10(16,17)12(20,21)14(24,25)26)4-3-5-7(9)11(18,19)13(22,23)15(27,28)29/h3-5,8,30H,2H2,1H3. The zero-order chi connectivity index (χ0) is 24.1. The summed E-state index contributed by atoms with van der Waals surface area (Å²) in [5.74, 6) is 0. The number of benzene rings is 1. The third kappa shape index (κ3) is 5.63. The van der Waals surface area contributed by atoms with E-state index < -0.39 is 31.0 Å². The molecule has 0 saturated heterocycles. The van der Waals surface area contributed by atoms with E-state index in [4.69, 9.17) is 162 Å². The predicted molar refractivity (Wildman–Crippen MR) is 138 cm³/mol. The number of aliphatic hydroxyl groups is 1. The molecule has 1 nitrogen and oxygen atoms in total. The average Bonchev–Trinajstić information content (AvgIpc) is 2.57. The first-order valence-electron chi connectivity index (χ1n) is 7.55. The molecule has 0 aliphatic rings. The zero-order valence-corrected chi connectivity index (χ0v) is 24.8. The van der Waals surface area contributed by atoms with E-state index in [0.717, 1.165) is 0 Å². The molecule has 0 bridgehead atoms. The van der Waals surface area contributed by atoms with Gasteiger partial charge in [0.05, 0.1) is 6.10 Å². The minimum absolute atomic E-state index is 0.0603. The van der Waals surface area contributed by atoms with E-state index in [2.05, 4.69) is 0 Å². The summed E-state index contributed by atoms with van der Waals surface area (Å²) in [6.07, 6.45) is -1.17. The Kier molecular flexibility index (Phi) is 10.7. The van der Waals surface area contributed by atoms with Crippen LogP contribution in [0.4, 0.5) is 0 Å². The second kappa shape index (κ2) is 10.3. The molecule has 0 amide bonds. The largest absolute Gasteiger partial charge is 0.388 e. The van der Waals surface area contributed by atoms with Gasteiger partial charge in [-0.25, -0.2) is 0 Å². The molecule has 30 heavy (non-hydrogen) atoms. The molecular weight excluding hydrogens is 693 g/mol. The van der Waals surface area contributed by atoms with Crippen molar-refractivity contribution >= 4 is 162 Å². The Morgan fingerprint density at radius 2 is 0.967 bits per heavy atom. The molecule has 15 heteroatoms. The molecule has 0 aromatic heterocycles. The van der Waals surface area contributed by atoms with Crippen molar-refractivity contribution in [1.29, 1.82) is 0 Å². The van der Waals surface area contributed by atoms with Gasteiger partial charge in [0.2, 0.25) is 16.3 Å². The monoisotopic (exact) mass is 696 g/mol. The summed E-state index contributed by atoms with van der Waals surface area (Å²) >= 11 is 86.1. The third-order valence-corrected chi connectivity index (χ3v) is 11.9. The highest BCUT2D eigenvalue weighted by Crippen LogP contribution is 2.64. The van der Waals surface area contributed by atoms with Crippen molar-refractivity contribution in [3.05, 3.63) is 34.9 Å². The van der Waals surface area contributed by atoms with E-state index in [0.29, 0.717) is 0 Å². The number of halogens is 14. The van der Waals surface area contributed by atoms with Crippen LogP contribution in [0.5, 0.6) is 0 Å². The Bertz CT molecular complexity index is 705. The van der Waals surface area contributed by atoms with Gasteiger partial charge in [-0.1, -0.05) is 188 Å². The van der Waals surface area contributed by atoms with Crippen LogP contribution >= 0.6 is 162 Å². The van der Waals surface area contributed by atoms with E-state index in [1.54, 1.807) is 6.92 Å². The summed E-state index contributed by atoms with van der Waals surface area (Å²) in [4.78, 5) is 0. The van der Waals surface area contributed by atoms with Crippen LogP contribution in [-0.2, 0) is 8.67 Å². The Morgan fingerprint density at radius 1 is 0.667 bits per heavy atom. The van der Waals surface area contributed by atoms with Gasteiger partial charge >= 0.3 is 0 Å². The molecular formula is C15H10Cl14O. The maximum Gasteiger partial charge on any atom is 0.226 e. The van der Waals surface area contributed by atoms with Gasteiger partial charge in [-0.05, 0) is 23.1 Å². The van der Waals surface area contributed by atoms with Crippen molar-refractivity contribution in [2.45, 2.75) is 44.4 Å².